The maximum Gasteiger partial charge on any atom is 0.236 e. The van der Waals surface area contributed by atoms with Crippen molar-refractivity contribution in [3.05, 3.63) is 0 Å². The van der Waals surface area contributed by atoms with Crippen molar-refractivity contribution < 1.29 is 4.79 Å². The molecule has 3 nitrogen and oxygen atoms in total. The molecule has 4 heteroatoms. The van der Waals surface area contributed by atoms with Crippen LogP contribution in [0.5, 0.6) is 0 Å². The van der Waals surface area contributed by atoms with E-state index in [0.29, 0.717) is 12.4 Å². The Bertz CT molecular complexity index is 130. The highest BCUT2D eigenvalue weighted by molar-refractivity contribution is 7.80. The number of carbonyl (C=O) groups excluding carboxylic acids is 1. The van der Waals surface area contributed by atoms with Crippen molar-refractivity contribution in [3.8, 4) is 0 Å². The Morgan fingerprint density at radius 3 is 2.58 bits per heavy atom. The van der Waals surface area contributed by atoms with Crippen LogP contribution in [0, 0.1) is 0 Å². The normalized spacial score (nSPS) is 9.92. The number of nitrogens with zero attached hydrogens (tertiary/aromatic N) is 1. The van der Waals surface area contributed by atoms with Crippen molar-refractivity contribution in [2.45, 2.75) is 20.3 Å². The van der Waals surface area contributed by atoms with E-state index in [0.717, 1.165) is 19.5 Å². The second-order valence-electron chi connectivity index (χ2n) is 2.56. The zero-order valence-corrected chi connectivity index (χ0v) is 8.73. The first-order valence-electron chi connectivity index (χ1n) is 4.35. The second-order valence-corrected chi connectivity index (χ2v) is 2.87. The van der Waals surface area contributed by atoms with Crippen LogP contribution in [0.2, 0.25) is 0 Å². The van der Waals surface area contributed by atoms with Crippen LogP contribution in [-0.2, 0) is 4.79 Å². The molecule has 0 saturated heterocycles. The molecule has 0 rings (SSSR count). The van der Waals surface area contributed by atoms with E-state index in [2.05, 4.69) is 24.9 Å². The zero-order chi connectivity index (χ0) is 9.40. The first-order chi connectivity index (χ1) is 5.76. The quantitative estimate of drug-likeness (QED) is 0.478. The number of thiol groups is 1. The Labute approximate surface area is 79.9 Å². The molecule has 0 aliphatic heterocycles. The van der Waals surface area contributed by atoms with Crippen molar-refractivity contribution in [2.75, 3.05) is 25.5 Å². The standard InChI is InChI=1S/C8H18N2OS/c1-3-5-10(4-2)8(11)6-9-7-12/h9,12H,3-7H2,1-2H3. The number of amides is 1. The molecular formula is C8H18N2OS. The summed E-state index contributed by atoms with van der Waals surface area (Å²) in [5.74, 6) is 0.712. The number of likely N-dealkylation sites (N-methyl/N-ethyl adjacent to an activating group) is 1. The number of nitrogens with one attached hydrogen (secondary N) is 1. The summed E-state index contributed by atoms with van der Waals surface area (Å²) in [6.07, 6.45) is 1.01. The minimum atomic E-state index is 0.161. The summed E-state index contributed by atoms with van der Waals surface area (Å²) < 4.78 is 0. The van der Waals surface area contributed by atoms with Crippen LogP contribution >= 0.6 is 12.6 Å². The van der Waals surface area contributed by atoms with Gasteiger partial charge in [0.05, 0.1) is 6.54 Å². The van der Waals surface area contributed by atoms with Gasteiger partial charge in [0.25, 0.3) is 0 Å². The first-order valence-corrected chi connectivity index (χ1v) is 4.98. The van der Waals surface area contributed by atoms with Crippen LogP contribution in [-0.4, -0.2) is 36.3 Å². The van der Waals surface area contributed by atoms with Gasteiger partial charge in [-0.1, -0.05) is 6.92 Å². The summed E-state index contributed by atoms with van der Waals surface area (Å²) in [5, 5.41) is 2.89. The molecule has 0 radical (unpaired) electrons. The smallest absolute Gasteiger partial charge is 0.236 e. The Hall–Kier alpha value is -0.220. The summed E-state index contributed by atoms with van der Waals surface area (Å²) >= 11 is 3.96. The van der Waals surface area contributed by atoms with E-state index < -0.39 is 0 Å². The largest absolute Gasteiger partial charge is 0.342 e. The SMILES string of the molecule is CCCN(CC)C(=O)CNCS. The fourth-order valence-electron chi connectivity index (χ4n) is 1.00. The number of rotatable bonds is 6. The van der Waals surface area contributed by atoms with Gasteiger partial charge in [0.15, 0.2) is 0 Å². The molecule has 12 heavy (non-hydrogen) atoms. The van der Waals surface area contributed by atoms with Gasteiger partial charge in [-0.2, -0.15) is 12.6 Å². The molecule has 1 N–H and O–H groups in total. The van der Waals surface area contributed by atoms with Gasteiger partial charge in [-0.05, 0) is 13.3 Å². The molecule has 0 atom stereocenters. The van der Waals surface area contributed by atoms with Gasteiger partial charge in [-0.15, -0.1) is 0 Å². The van der Waals surface area contributed by atoms with Crippen molar-refractivity contribution in [1.29, 1.82) is 0 Å². The topological polar surface area (TPSA) is 32.3 Å². The van der Waals surface area contributed by atoms with E-state index in [-0.39, 0.29) is 5.91 Å². The van der Waals surface area contributed by atoms with Crippen LogP contribution in [0.3, 0.4) is 0 Å². The van der Waals surface area contributed by atoms with Crippen LogP contribution in [0.15, 0.2) is 0 Å². The molecule has 72 valence electrons. The van der Waals surface area contributed by atoms with Gasteiger partial charge in [0, 0.05) is 19.0 Å². The molecule has 0 aromatic carbocycles. The maximum atomic E-state index is 11.4. The van der Waals surface area contributed by atoms with Crippen LogP contribution in [0.25, 0.3) is 0 Å². The molecule has 0 aliphatic carbocycles. The first kappa shape index (κ1) is 11.8. The molecule has 0 aromatic heterocycles. The minimum Gasteiger partial charge on any atom is -0.342 e. The minimum absolute atomic E-state index is 0.161. The molecule has 0 fully saturated rings. The third-order valence-electron chi connectivity index (χ3n) is 1.62. The third-order valence-corrected chi connectivity index (χ3v) is 1.84. The predicted molar refractivity (Wildman–Crippen MR) is 54.4 cm³/mol. The second kappa shape index (κ2) is 7.43. The van der Waals surface area contributed by atoms with Gasteiger partial charge < -0.3 is 4.90 Å². The average Bonchev–Trinajstić information content (AvgIpc) is 2.10. The van der Waals surface area contributed by atoms with Crippen LogP contribution < -0.4 is 5.32 Å². The van der Waals surface area contributed by atoms with Gasteiger partial charge >= 0.3 is 0 Å². The number of carbonyl (C=O) groups is 1. The van der Waals surface area contributed by atoms with Crippen molar-refractivity contribution >= 4 is 18.5 Å². The van der Waals surface area contributed by atoms with Crippen molar-refractivity contribution in [2.24, 2.45) is 0 Å². The highest BCUT2D eigenvalue weighted by Crippen LogP contribution is 1.91. The fourth-order valence-corrected chi connectivity index (χ4v) is 1.12. The lowest BCUT2D eigenvalue weighted by Crippen LogP contribution is -2.38. The van der Waals surface area contributed by atoms with Gasteiger partial charge in [-0.25, -0.2) is 0 Å². The maximum absolute atomic E-state index is 11.4. The van der Waals surface area contributed by atoms with Gasteiger partial charge in [-0.3, -0.25) is 10.1 Å². The van der Waals surface area contributed by atoms with Crippen LogP contribution in [0.1, 0.15) is 20.3 Å². The molecule has 0 heterocycles. The number of hydrogen-bond acceptors (Lipinski definition) is 3. The molecule has 1 amide bonds. The number of hydrogen-bond donors (Lipinski definition) is 2. The molecule has 0 saturated carbocycles. The highest BCUT2D eigenvalue weighted by atomic mass is 32.1. The average molecular weight is 190 g/mol. The van der Waals surface area contributed by atoms with Crippen LogP contribution in [0.4, 0.5) is 0 Å². The summed E-state index contributed by atoms with van der Waals surface area (Å²) in [6.45, 7) is 6.11. The third kappa shape index (κ3) is 4.62. The van der Waals surface area contributed by atoms with E-state index in [9.17, 15) is 4.79 Å². The summed E-state index contributed by atoms with van der Waals surface area (Å²) in [5.41, 5.74) is 0. The molecule has 0 aliphatic rings. The summed E-state index contributed by atoms with van der Waals surface area (Å²) in [6, 6.07) is 0. The zero-order valence-electron chi connectivity index (χ0n) is 7.84. The van der Waals surface area contributed by atoms with Gasteiger partial charge in [0.2, 0.25) is 5.91 Å². The van der Waals surface area contributed by atoms with E-state index in [1.807, 2.05) is 11.8 Å². The van der Waals surface area contributed by atoms with Gasteiger partial charge in [0.1, 0.15) is 0 Å². The lowest BCUT2D eigenvalue weighted by molar-refractivity contribution is -0.130. The Kier molecular flexibility index (Phi) is 7.29. The fraction of sp³-hybridized carbons (Fsp3) is 0.875. The molecule has 0 spiro atoms. The highest BCUT2D eigenvalue weighted by Gasteiger charge is 2.08. The Balaban J connectivity index is 3.69. The van der Waals surface area contributed by atoms with E-state index >= 15 is 0 Å². The predicted octanol–water partition coefficient (Wildman–Crippen LogP) is 0.722. The van der Waals surface area contributed by atoms with Crippen molar-refractivity contribution in [3.63, 3.8) is 0 Å². The van der Waals surface area contributed by atoms with E-state index in [4.69, 9.17) is 0 Å². The molecule has 0 bridgehead atoms. The Morgan fingerprint density at radius 1 is 1.50 bits per heavy atom. The monoisotopic (exact) mass is 190 g/mol. The van der Waals surface area contributed by atoms with E-state index in [1.165, 1.54) is 0 Å². The summed E-state index contributed by atoms with van der Waals surface area (Å²) in [4.78, 5) is 13.2. The Morgan fingerprint density at radius 2 is 2.17 bits per heavy atom. The van der Waals surface area contributed by atoms with Crippen molar-refractivity contribution in [1.82, 2.24) is 10.2 Å². The van der Waals surface area contributed by atoms with E-state index in [1.54, 1.807) is 0 Å². The molecule has 0 aromatic rings. The molecule has 0 unspecified atom stereocenters. The summed E-state index contributed by atoms with van der Waals surface area (Å²) in [7, 11) is 0. The lowest BCUT2D eigenvalue weighted by Gasteiger charge is -2.19. The lowest BCUT2D eigenvalue weighted by atomic mass is 10.4. The molecular weight excluding hydrogens is 172 g/mol.